The summed E-state index contributed by atoms with van der Waals surface area (Å²) in [7, 11) is 0.953. The van der Waals surface area contributed by atoms with Crippen LogP contribution in [-0.4, -0.2) is 59.8 Å². The van der Waals surface area contributed by atoms with Crippen molar-refractivity contribution in [2.45, 2.75) is 76.6 Å². The van der Waals surface area contributed by atoms with Gasteiger partial charge in [0.1, 0.15) is 17.9 Å². The van der Waals surface area contributed by atoms with Crippen LogP contribution in [0.3, 0.4) is 0 Å². The maximum absolute atomic E-state index is 15.5. The lowest BCUT2D eigenvalue weighted by Crippen LogP contribution is -2.68. The monoisotopic (exact) mass is 680 g/mol. The second kappa shape index (κ2) is 11.8. The molecule has 10 heteroatoms. The zero-order chi connectivity index (χ0) is 35.0. The molecule has 0 bridgehead atoms. The van der Waals surface area contributed by atoms with Crippen LogP contribution in [0.1, 0.15) is 71.6 Å². The summed E-state index contributed by atoms with van der Waals surface area (Å²) in [6.07, 6.45) is 0.851. The van der Waals surface area contributed by atoms with Crippen molar-refractivity contribution in [3.63, 3.8) is 0 Å². The Morgan fingerprint density at radius 1 is 1.02 bits per heavy atom. The van der Waals surface area contributed by atoms with Crippen LogP contribution in [0, 0.1) is 11.8 Å². The predicted octanol–water partition coefficient (Wildman–Crippen LogP) is 7.19. The van der Waals surface area contributed by atoms with Crippen LogP contribution in [0.25, 0.3) is 16.5 Å². The van der Waals surface area contributed by atoms with E-state index in [1.807, 2.05) is 92.8 Å². The Hall–Kier alpha value is -4.09. The number of benzene rings is 3. The summed E-state index contributed by atoms with van der Waals surface area (Å²) in [6.45, 7) is 10.1. The number of aromatic nitrogens is 1. The molecule has 1 fully saturated rings. The quantitative estimate of drug-likeness (QED) is 0.154. The van der Waals surface area contributed by atoms with Gasteiger partial charge in [0, 0.05) is 17.1 Å². The first-order valence-electron chi connectivity index (χ1n) is 16.9. The molecule has 3 aliphatic carbocycles. The van der Waals surface area contributed by atoms with E-state index in [0.717, 1.165) is 21.9 Å². The molecule has 4 aromatic rings. The highest BCUT2D eigenvalue weighted by Gasteiger charge is 2.68. The van der Waals surface area contributed by atoms with Crippen molar-refractivity contribution in [1.82, 2.24) is 10.1 Å². The van der Waals surface area contributed by atoms with Gasteiger partial charge in [0.15, 0.2) is 19.7 Å². The van der Waals surface area contributed by atoms with Crippen molar-refractivity contribution in [2.75, 3.05) is 14.1 Å². The standard InChI is InChI=1S/C39H44N2O7Si/c1-38(2,3)49(6,7)48-39-28(32(41(4)5)34-31(36(39)45)37(40-47-34)46-21-22-13-9-8-10-14-22)19-25-18-24-17-23-15-11-12-16-26(23)27(20-42)29(24)33(43)30(25)35(39)44/h8-17,25,28,32,42-43H,18-21H2,1-7H3/t25-,28-,32-,39-/m0/s1. The van der Waals surface area contributed by atoms with Gasteiger partial charge in [-0.3, -0.25) is 14.5 Å². The van der Waals surface area contributed by atoms with Gasteiger partial charge >= 0.3 is 0 Å². The molecule has 1 aromatic heterocycles. The summed E-state index contributed by atoms with van der Waals surface area (Å²) < 4.78 is 19.3. The molecule has 9 nitrogen and oxygen atoms in total. The fourth-order valence-electron chi connectivity index (χ4n) is 7.97. The molecule has 0 unspecified atom stereocenters. The number of aliphatic hydroxyl groups is 2. The molecule has 1 saturated carbocycles. The summed E-state index contributed by atoms with van der Waals surface area (Å²) in [5, 5.41) is 28.4. The summed E-state index contributed by atoms with van der Waals surface area (Å²) >= 11 is 0. The largest absolute Gasteiger partial charge is 0.507 e. The molecule has 4 atom stereocenters. The SMILES string of the molecule is CN(C)[C@@H]1c2onc(OCc3ccccc3)c2C(=O)[C@@]2(O[Si](C)(C)C(C)(C)C)C(=O)C3=C(O)c4c(cc5ccccc5c4CO)C[C@H]3C[C@@H]12. The molecule has 0 saturated heterocycles. The fourth-order valence-corrected chi connectivity index (χ4v) is 9.42. The van der Waals surface area contributed by atoms with Gasteiger partial charge in [-0.2, -0.15) is 0 Å². The number of fused-ring (bicyclic) bond motifs is 5. The second-order valence-corrected chi connectivity index (χ2v) is 20.2. The number of hydrogen-bond acceptors (Lipinski definition) is 9. The third-order valence-electron chi connectivity index (χ3n) is 11.3. The van der Waals surface area contributed by atoms with Gasteiger partial charge in [0.2, 0.25) is 11.6 Å². The van der Waals surface area contributed by atoms with E-state index < -0.39 is 37.4 Å². The van der Waals surface area contributed by atoms with E-state index in [4.69, 9.17) is 13.7 Å². The highest BCUT2D eigenvalue weighted by atomic mass is 28.4. The highest BCUT2D eigenvalue weighted by molar-refractivity contribution is 6.74. The Bertz CT molecular complexity index is 2010. The summed E-state index contributed by atoms with van der Waals surface area (Å²) in [5.41, 5.74) is 1.10. The average molecular weight is 681 g/mol. The number of ketones is 2. The van der Waals surface area contributed by atoms with E-state index in [9.17, 15) is 10.2 Å². The number of Topliss-reactive ketones (excluding diaryl/α,β-unsaturated/α-hetero) is 2. The second-order valence-electron chi connectivity index (χ2n) is 15.4. The number of ether oxygens (including phenoxy) is 1. The lowest BCUT2D eigenvalue weighted by molar-refractivity contribution is -0.140. The summed E-state index contributed by atoms with van der Waals surface area (Å²) in [5.74, 6) is -1.92. The van der Waals surface area contributed by atoms with Crippen LogP contribution in [0.15, 0.2) is 70.8 Å². The number of carbonyl (C=O) groups excluding carboxylic acids is 2. The van der Waals surface area contributed by atoms with E-state index >= 15 is 9.59 Å². The van der Waals surface area contributed by atoms with Crippen LogP contribution in [-0.2, 0) is 28.9 Å². The van der Waals surface area contributed by atoms with Crippen molar-refractivity contribution >= 4 is 36.4 Å². The van der Waals surface area contributed by atoms with Crippen LogP contribution in [0.5, 0.6) is 5.88 Å². The normalized spacial score (nSPS) is 23.7. The molecule has 3 aliphatic rings. The van der Waals surface area contributed by atoms with Gasteiger partial charge in [-0.25, -0.2) is 0 Å². The molecule has 7 rings (SSSR count). The zero-order valence-electron chi connectivity index (χ0n) is 29.2. The molecule has 0 radical (unpaired) electrons. The molecule has 0 spiro atoms. The Kier molecular flexibility index (Phi) is 8.02. The van der Waals surface area contributed by atoms with Crippen molar-refractivity contribution in [3.8, 4) is 5.88 Å². The molecule has 0 amide bonds. The summed E-state index contributed by atoms with van der Waals surface area (Å²) in [6, 6.07) is 18.8. The smallest absolute Gasteiger partial charge is 0.265 e. The molecular formula is C39H44N2O7Si. The molecule has 256 valence electrons. The van der Waals surface area contributed by atoms with Gasteiger partial charge in [-0.15, -0.1) is 0 Å². The minimum atomic E-state index is -2.85. The van der Waals surface area contributed by atoms with E-state index in [1.165, 1.54) is 0 Å². The number of aliphatic hydroxyl groups excluding tert-OH is 2. The third kappa shape index (κ3) is 5.02. The van der Waals surface area contributed by atoms with Crippen molar-refractivity contribution in [3.05, 3.63) is 99.8 Å². The van der Waals surface area contributed by atoms with Gasteiger partial charge in [-0.1, -0.05) is 81.4 Å². The molecule has 2 N–H and O–H groups in total. The number of hydrogen-bond donors (Lipinski definition) is 2. The maximum atomic E-state index is 15.5. The van der Waals surface area contributed by atoms with E-state index in [-0.39, 0.29) is 46.9 Å². The van der Waals surface area contributed by atoms with E-state index in [1.54, 1.807) is 0 Å². The van der Waals surface area contributed by atoms with E-state index in [2.05, 4.69) is 25.9 Å². The first-order chi connectivity index (χ1) is 23.2. The average Bonchev–Trinajstić information content (AvgIpc) is 3.47. The molecule has 3 aromatic carbocycles. The topological polar surface area (TPSA) is 122 Å². The first kappa shape index (κ1) is 33.4. The van der Waals surface area contributed by atoms with Crippen molar-refractivity contribution < 1.29 is 33.5 Å². The van der Waals surface area contributed by atoms with Gasteiger partial charge in [-0.05, 0) is 83.6 Å². The van der Waals surface area contributed by atoms with Crippen LogP contribution >= 0.6 is 0 Å². The maximum Gasteiger partial charge on any atom is 0.265 e. The van der Waals surface area contributed by atoms with Gasteiger partial charge in [0.05, 0.1) is 12.6 Å². The lowest BCUT2D eigenvalue weighted by Gasteiger charge is -2.55. The minimum Gasteiger partial charge on any atom is -0.507 e. The number of nitrogens with zero attached hydrogens (tertiary/aromatic N) is 2. The molecule has 1 heterocycles. The Morgan fingerprint density at radius 3 is 2.39 bits per heavy atom. The van der Waals surface area contributed by atoms with Crippen molar-refractivity contribution in [2.24, 2.45) is 11.8 Å². The Labute approximate surface area is 287 Å². The fraction of sp³-hybridized carbons (Fsp3) is 0.410. The Balaban J connectivity index is 1.45. The van der Waals surface area contributed by atoms with Crippen LogP contribution < -0.4 is 4.74 Å². The van der Waals surface area contributed by atoms with Crippen LogP contribution in [0.2, 0.25) is 18.1 Å². The minimum absolute atomic E-state index is 0.0171. The van der Waals surface area contributed by atoms with Crippen LogP contribution in [0.4, 0.5) is 0 Å². The number of rotatable bonds is 7. The third-order valence-corrected chi connectivity index (χ3v) is 15.7. The molecule has 0 aliphatic heterocycles. The first-order valence-corrected chi connectivity index (χ1v) is 19.8. The van der Waals surface area contributed by atoms with E-state index in [0.29, 0.717) is 29.7 Å². The number of carbonyl (C=O) groups is 2. The molecule has 49 heavy (non-hydrogen) atoms. The predicted molar refractivity (Wildman–Crippen MR) is 189 cm³/mol. The molecular weight excluding hydrogens is 637 g/mol. The summed E-state index contributed by atoms with van der Waals surface area (Å²) in [4.78, 5) is 32.8. The highest BCUT2D eigenvalue weighted by Crippen LogP contribution is 2.59. The zero-order valence-corrected chi connectivity index (χ0v) is 30.2. The van der Waals surface area contributed by atoms with Gasteiger partial charge < -0.3 is 23.9 Å². The van der Waals surface area contributed by atoms with Crippen molar-refractivity contribution in [1.29, 1.82) is 0 Å². The lowest BCUT2D eigenvalue weighted by atomic mass is 9.57. The Morgan fingerprint density at radius 2 is 1.71 bits per heavy atom. The van der Waals surface area contributed by atoms with Gasteiger partial charge in [0.25, 0.3) is 5.88 Å².